The molecule has 3 aliphatic rings. The fraction of sp³-hybridized carbons (Fsp3) is 1.00. The molecule has 0 aromatic carbocycles. The zero-order chi connectivity index (χ0) is 16.0. The molecule has 0 unspecified atom stereocenters. The number of rotatable bonds is 6. The Kier molecular flexibility index (Phi) is 7.40. The van der Waals surface area contributed by atoms with Gasteiger partial charge in [0.2, 0.25) is 0 Å². The molecule has 3 saturated carbocycles. The molecule has 0 saturated heterocycles. The summed E-state index contributed by atoms with van der Waals surface area (Å²) < 4.78 is 19.1. The highest BCUT2D eigenvalue weighted by molar-refractivity contribution is 8.07. The highest BCUT2D eigenvalue weighted by Crippen LogP contribution is 2.56. The van der Waals surface area contributed by atoms with E-state index >= 15 is 0 Å². The van der Waals surface area contributed by atoms with E-state index in [2.05, 4.69) is 0 Å². The summed E-state index contributed by atoms with van der Waals surface area (Å²) in [5, 5.41) is 0. The van der Waals surface area contributed by atoms with E-state index in [-0.39, 0.29) is 18.3 Å². The minimum Gasteiger partial charge on any atom is -0.305 e. The fourth-order valence-corrected chi connectivity index (χ4v) is 7.11. The van der Waals surface area contributed by atoms with Crippen LogP contribution in [0.5, 0.6) is 0 Å². The average molecular weight is 361 g/mol. The van der Waals surface area contributed by atoms with Gasteiger partial charge >= 0.3 is 6.72 Å². The molecule has 0 amide bonds. The summed E-state index contributed by atoms with van der Waals surface area (Å²) in [4.78, 5) is 0. The first-order valence-corrected chi connectivity index (χ1v) is 12.4. The van der Waals surface area contributed by atoms with Crippen LogP contribution in [0.2, 0.25) is 0 Å². The molecule has 3 rings (SSSR count). The lowest BCUT2D eigenvalue weighted by atomic mass is 9.98. The largest absolute Gasteiger partial charge is 0.327 e. The van der Waals surface area contributed by atoms with Crippen molar-refractivity contribution in [3.8, 4) is 0 Å². The summed E-state index contributed by atoms with van der Waals surface area (Å²) in [6.45, 7) is -2.59. The van der Waals surface area contributed by atoms with E-state index in [1.54, 1.807) is 0 Å². The normalized spacial score (nSPS) is 26.4. The summed E-state index contributed by atoms with van der Waals surface area (Å²) in [6.07, 6.45) is 19.1. The molecule has 23 heavy (non-hydrogen) atoms. The van der Waals surface area contributed by atoms with E-state index in [4.69, 9.17) is 25.4 Å². The molecule has 0 radical (unpaired) electrons. The molecule has 0 aromatic rings. The van der Waals surface area contributed by atoms with Crippen LogP contribution in [0.3, 0.4) is 0 Å². The van der Waals surface area contributed by atoms with Crippen LogP contribution in [0.4, 0.5) is 0 Å². The fourth-order valence-electron chi connectivity index (χ4n) is 4.13. The van der Waals surface area contributed by atoms with Crippen molar-refractivity contribution >= 4 is 18.5 Å². The van der Waals surface area contributed by atoms with Crippen molar-refractivity contribution in [3.05, 3.63) is 0 Å². The Labute approximate surface area is 147 Å². The van der Waals surface area contributed by atoms with Crippen molar-refractivity contribution in [1.29, 1.82) is 0 Å². The van der Waals surface area contributed by atoms with Crippen LogP contribution in [0.15, 0.2) is 0 Å². The third-order valence-electron chi connectivity index (χ3n) is 5.49. The van der Waals surface area contributed by atoms with Crippen LogP contribution in [0.1, 0.15) is 96.3 Å². The topological polar surface area (TPSA) is 27.7 Å². The Balaban J connectivity index is 1.61. The van der Waals surface area contributed by atoms with Gasteiger partial charge in [-0.15, -0.1) is 0 Å². The van der Waals surface area contributed by atoms with Gasteiger partial charge in [-0.3, -0.25) is 0 Å². The van der Waals surface area contributed by atoms with Gasteiger partial charge in [-0.05, 0) is 50.3 Å². The molecule has 0 aromatic heterocycles. The first-order chi connectivity index (χ1) is 11.2. The van der Waals surface area contributed by atoms with Gasteiger partial charge in [0.1, 0.15) is 0 Å². The summed E-state index contributed by atoms with van der Waals surface area (Å²) in [5.41, 5.74) is 0. The maximum atomic E-state index is 6.37. The number of hydrogen-bond donors (Lipinski definition) is 0. The Hall–Kier alpha value is 0.530. The highest BCUT2D eigenvalue weighted by atomic mass is 32.5. The second kappa shape index (κ2) is 9.29. The second-order valence-corrected chi connectivity index (χ2v) is 10.4. The number of hydrogen-bond acceptors (Lipinski definition) is 4. The summed E-state index contributed by atoms with van der Waals surface area (Å²) in [5.74, 6) is 0. The standard InChI is InChI=1S/C18H33O3PS/c23-22(19-16-10-4-1-5-11-16,20-17-12-6-2-7-13-17)21-18-14-8-3-9-15-18/h16-18H,1-15H2. The molecule has 3 nitrogen and oxygen atoms in total. The van der Waals surface area contributed by atoms with Gasteiger partial charge in [-0.25, -0.2) is 0 Å². The Bertz CT molecular complexity index is 329. The lowest BCUT2D eigenvalue weighted by molar-refractivity contribution is 0.0332. The Morgan fingerprint density at radius 1 is 0.478 bits per heavy atom. The molecular weight excluding hydrogens is 327 g/mol. The average Bonchev–Trinajstić information content (AvgIpc) is 2.57. The first-order valence-electron chi connectivity index (χ1n) is 9.89. The quantitative estimate of drug-likeness (QED) is 0.523. The van der Waals surface area contributed by atoms with Crippen molar-refractivity contribution in [2.75, 3.05) is 0 Å². The highest BCUT2D eigenvalue weighted by Gasteiger charge is 2.33. The minimum absolute atomic E-state index is 0.266. The van der Waals surface area contributed by atoms with Gasteiger partial charge in [0.25, 0.3) is 0 Å². The summed E-state index contributed by atoms with van der Waals surface area (Å²) >= 11 is 5.89. The van der Waals surface area contributed by atoms with Crippen molar-refractivity contribution in [1.82, 2.24) is 0 Å². The van der Waals surface area contributed by atoms with Crippen molar-refractivity contribution in [2.24, 2.45) is 0 Å². The maximum Gasteiger partial charge on any atom is 0.327 e. The molecule has 5 heteroatoms. The zero-order valence-corrected chi connectivity index (χ0v) is 16.1. The molecule has 0 heterocycles. The van der Waals surface area contributed by atoms with Gasteiger partial charge in [-0.1, -0.05) is 57.8 Å². The lowest BCUT2D eigenvalue weighted by Gasteiger charge is -2.35. The van der Waals surface area contributed by atoms with E-state index in [9.17, 15) is 0 Å². The third kappa shape index (κ3) is 6.08. The molecule has 3 aliphatic carbocycles. The van der Waals surface area contributed by atoms with Crippen LogP contribution in [0.25, 0.3) is 0 Å². The predicted molar refractivity (Wildman–Crippen MR) is 98.2 cm³/mol. The monoisotopic (exact) mass is 360 g/mol. The minimum atomic E-state index is -2.59. The SMILES string of the molecule is S=P(OC1CCCCC1)(OC1CCCCC1)OC1CCCCC1. The van der Waals surface area contributed by atoms with E-state index in [0.717, 1.165) is 38.5 Å². The van der Waals surface area contributed by atoms with Gasteiger partial charge in [0.15, 0.2) is 0 Å². The van der Waals surface area contributed by atoms with E-state index in [0.29, 0.717) is 0 Å². The van der Waals surface area contributed by atoms with Gasteiger partial charge in [-0.2, -0.15) is 0 Å². The van der Waals surface area contributed by atoms with Gasteiger partial charge in [0.05, 0.1) is 18.3 Å². The molecule has 0 atom stereocenters. The van der Waals surface area contributed by atoms with Gasteiger partial charge < -0.3 is 13.6 Å². The van der Waals surface area contributed by atoms with Gasteiger partial charge in [0, 0.05) is 0 Å². The zero-order valence-electron chi connectivity index (χ0n) is 14.4. The second-order valence-electron chi connectivity index (χ2n) is 7.54. The van der Waals surface area contributed by atoms with Crippen LogP contribution >= 0.6 is 6.72 Å². The molecule has 134 valence electrons. The van der Waals surface area contributed by atoms with E-state index in [1.165, 1.54) is 57.8 Å². The molecule has 0 spiro atoms. The smallest absolute Gasteiger partial charge is 0.305 e. The molecule has 0 aliphatic heterocycles. The lowest BCUT2D eigenvalue weighted by Crippen LogP contribution is -2.24. The predicted octanol–water partition coefficient (Wildman–Crippen LogP) is 6.26. The van der Waals surface area contributed by atoms with Crippen molar-refractivity contribution in [2.45, 2.75) is 115 Å². The maximum absolute atomic E-state index is 6.37. The molecule has 3 fully saturated rings. The van der Waals surface area contributed by atoms with Crippen LogP contribution in [-0.4, -0.2) is 18.3 Å². The first kappa shape index (κ1) is 18.3. The molecular formula is C18H33O3PS. The summed E-state index contributed by atoms with van der Waals surface area (Å²) in [7, 11) is 0. The van der Waals surface area contributed by atoms with Crippen LogP contribution < -0.4 is 0 Å². The molecule has 0 bridgehead atoms. The third-order valence-corrected chi connectivity index (χ3v) is 7.93. The van der Waals surface area contributed by atoms with Crippen LogP contribution in [-0.2, 0) is 25.4 Å². The Morgan fingerprint density at radius 2 is 0.739 bits per heavy atom. The summed E-state index contributed by atoms with van der Waals surface area (Å²) in [6, 6.07) is 0. The van der Waals surface area contributed by atoms with Crippen molar-refractivity contribution < 1.29 is 13.6 Å². The van der Waals surface area contributed by atoms with Crippen molar-refractivity contribution in [3.63, 3.8) is 0 Å². The van der Waals surface area contributed by atoms with E-state index in [1.807, 2.05) is 0 Å². The van der Waals surface area contributed by atoms with E-state index < -0.39 is 6.72 Å². The molecule has 0 N–H and O–H groups in total. The Morgan fingerprint density at radius 3 is 1.00 bits per heavy atom. The van der Waals surface area contributed by atoms with Crippen LogP contribution in [0, 0.1) is 0 Å².